The van der Waals surface area contributed by atoms with Gasteiger partial charge in [-0.05, 0) is 36.1 Å². The fraction of sp³-hybridized carbons (Fsp3) is 0.600. The zero-order chi connectivity index (χ0) is 12.3. The van der Waals surface area contributed by atoms with Gasteiger partial charge in [-0.15, -0.1) is 0 Å². The van der Waals surface area contributed by atoms with E-state index in [1.54, 1.807) is 0 Å². The van der Waals surface area contributed by atoms with Crippen molar-refractivity contribution in [3.05, 3.63) is 29.3 Å². The Kier molecular flexibility index (Phi) is 3.72. The van der Waals surface area contributed by atoms with E-state index in [0.717, 1.165) is 50.0 Å². The highest BCUT2D eigenvalue weighted by atomic mass is 16.5. The highest BCUT2D eigenvalue weighted by Gasteiger charge is 2.28. The number of ether oxygens (including phenoxy) is 1. The van der Waals surface area contributed by atoms with E-state index in [-0.39, 0.29) is 0 Å². The predicted octanol–water partition coefficient (Wildman–Crippen LogP) is 3.41. The molecule has 0 atom stereocenters. The molecule has 1 aromatic rings. The minimum atomic E-state index is -0.652. The van der Waals surface area contributed by atoms with Crippen molar-refractivity contribution in [3.8, 4) is 5.75 Å². The van der Waals surface area contributed by atoms with Crippen LogP contribution in [0, 0.1) is 0 Å². The van der Waals surface area contributed by atoms with Crippen molar-refractivity contribution in [2.75, 3.05) is 6.61 Å². The van der Waals surface area contributed by atoms with Crippen molar-refractivity contribution in [2.45, 2.75) is 51.6 Å². The van der Waals surface area contributed by atoms with Crippen LogP contribution < -0.4 is 4.74 Å². The van der Waals surface area contributed by atoms with Gasteiger partial charge in [0.15, 0.2) is 0 Å². The second kappa shape index (κ2) is 5.09. The summed E-state index contributed by atoms with van der Waals surface area (Å²) in [7, 11) is 0. The average molecular weight is 234 g/mol. The molecule has 1 heterocycles. The van der Waals surface area contributed by atoms with E-state index < -0.39 is 5.60 Å². The summed E-state index contributed by atoms with van der Waals surface area (Å²) < 4.78 is 5.50. The van der Waals surface area contributed by atoms with Crippen LogP contribution in [0.5, 0.6) is 5.75 Å². The Morgan fingerprint density at radius 3 is 2.59 bits per heavy atom. The first kappa shape index (κ1) is 12.4. The van der Waals surface area contributed by atoms with E-state index in [1.165, 1.54) is 5.56 Å². The molecule has 0 radical (unpaired) electrons. The maximum Gasteiger partial charge on any atom is 0.122 e. The molecule has 2 nitrogen and oxygen atoms in total. The summed E-state index contributed by atoms with van der Waals surface area (Å²) in [5.74, 6) is 0.990. The van der Waals surface area contributed by atoms with Crippen LogP contribution in [0.15, 0.2) is 18.2 Å². The maximum absolute atomic E-state index is 10.8. The lowest BCUT2D eigenvalue weighted by Gasteiger charge is -2.28. The molecule has 2 heteroatoms. The number of aliphatic hydroxyl groups is 1. The Morgan fingerprint density at radius 2 is 1.94 bits per heavy atom. The van der Waals surface area contributed by atoms with E-state index in [0.29, 0.717) is 0 Å². The monoisotopic (exact) mass is 234 g/mol. The van der Waals surface area contributed by atoms with Crippen LogP contribution in [0.25, 0.3) is 0 Å². The minimum Gasteiger partial charge on any atom is -0.493 e. The van der Waals surface area contributed by atoms with Crippen LogP contribution in [0.1, 0.15) is 50.7 Å². The van der Waals surface area contributed by atoms with Crippen molar-refractivity contribution in [2.24, 2.45) is 0 Å². The van der Waals surface area contributed by atoms with E-state index >= 15 is 0 Å². The minimum absolute atomic E-state index is 0.652. The molecule has 1 N–H and O–H groups in total. The Bertz CT molecular complexity index is 379. The molecule has 17 heavy (non-hydrogen) atoms. The van der Waals surface area contributed by atoms with Crippen LogP contribution in [-0.2, 0) is 12.0 Å². The van der Waals surface area contributed by atoms with Gasteiger partial charge in [0.2, 0.25) is 0 Å². The van der Waals surface area contributed by atoms with Crippen LogP contribution >= 0.6 is 0 Å². The predicted molar refractivity (Wildman–Crippen MR) is 69.4 cm³/mol. The van der Waals surface area contributed by atoms with Gasteiger partial charge in [-0.2, -0.15) is 0 Å². The molecule has 0 aliphatic carbocycles. The van der Waals surface area contributed by atoms with Gasteiger partial charge in [0, 0.05) is 6.42 Å². The van der Waals surface area contributed by atoms with Crippen molar-refractivity contribution in [1.82, 2.24) is 0 Å². The fourth-order valence-electron chi connectivity index (χ4n) is 2.72. The van der Waals surface area contributed by atoms with Crippen molar-refractivity contribution in [3.63, 3.8) is 0 Å². The van der Waals surface area contributed by atoms with Gasteiger partial charge in [0.1, 0.15) is 5.75 Å². The summed E-state index contributed by atoms with van der Waals surface area (Å²) >= 11 is 0. The van der Waals surface area contributed by atoms with Crippen molar-refractivity contribution >= 4 is 0 Å². The standard InChI is InChI=1S/C15H22O2/c1-3-8-15(16,9-4-2)13-5-6-14-12(11-13)7-10-17-14/h5-6,11,16H,3-4,7-10H2,1-2H3. The third-order valence-electron chi connectivity index (χ3n) is 3.55. The second-order valence-electron chi connectivity index (χ2n) is 4.95. The third-order valence-corrected chi connectivity index (χ3v) is 3.55. The largest absolute Gasteiger partial charge is 0.493 e. The van der Waals surface area contributed by atoms with Crippen molar-refractivity contribution in [1.29, 1.82) is 0 Å². The number of fused-ring (bicyclic) bond motifs is 1. The third kappa shape index (κ3) is 2.47. The number of rotatable bonds is 5. The average Bonchev–Trinajstić information content (AvgIpc) is 2.76. The quantitative estimate of drug-likeness (QED) is 0.846. The number of hydrogen-bond donors (Lipinski definition) is 1. The first-order chi connectivity index (χ1) is 8.19. The molecule has 1 aliphatic rings. The topological polar surface area (TPSA) is 29.5 Å². The molecule has 0 bridgehead atoms. The van der Waals surface area contributed by atoms with Gasteiger partial charge < -0.3 is 9.84 Å². The highest BCUT2D eigenvalue weighted by molar-refractivity contribution is 5.41. The molecule has 0 spiro atoms. The van der Waals surface area contributed by atoms with Crippen LogP contribution in [0.2, 0.25) is 0 Å². The van der Waals surface area contributed by atoms with Gasteiger partial charge in [-0.25, -0.2) is 0 Å². The van der Waals surface area contributed by atoms with Crippen LogP contribution in [-0.4, -0.2) is 11.7 Å². The molecule has 0 saturated heterocycles. The van der Waals surface area contributed by atoms with E-state index in [9.17, 15) is 5.11 Å². The molecule has 0 unspecified atom stereocenters. The molecule has 0 fully saturated rings. The molecular formula is C15H22O2. The van der Waals surface area contributed by atoms with E-state index in [1.807, 2.05) is 12.1 Å². The lowest BCUT2D eigenvalue weighted by atomic mass is 9.84. The van der Waals surface area contributed by atoms with Gasteiger partial charge in [-0.1, -0.05) is 32.8 Å². The van der Waals surface area contributed by atoms with Crippen LogP contribution in [0.3, 0.4) is 0 Å². The van der Waals surface area contributed by atoms with Crippen LogP contribution in [0.4, 0.5) is 0 Å². The van der Waals surface area contributed by atoms with Gasteiger partial charge in [-0.3, -0.25) is 0 Å². The molecular weight excluding hydrogens is 212 g/mol. The first-order valence-electron chi connectivity index (χ1n) is 6.68. The summed E-state index contributed by atoms with van der Waals surface area (Å²) in [6.45, 7) is 5.02. The smallest absolute Gasteiger partial charge is 0.122 e. The summed E-state index contributed by atoms with van der Waals surface area (Å²) in [5.41, 5.74) is 1.65. The summed E-state index contributed by atoms with van der Waals surface area (Å²) in [6, 6.07) is 6.16. The molecule has 1 aromatic carbocycles. The molecule has 0 aromatic heterocycles. The van der Waals surface area contributed by atoms with Crippen molar-refractivity contribution < 1.29 is 9.84 Å². The summed E-state index contributed by atoms with van der Waals surface area (Å²) in [5, 5.41) is 10.8. The molecule has 94 valence electrons. The number of hydrogen-bond acceptors (Lipinski definition) is 2. The van der Waals surface area contributed by atoms with E-state index in [4.69, 9.17) is 4.74 Å². The Hall–Kier alpha value is -1.02. The normalized spacial score (nSPS) is 14.5. The number of benzene rings is 1. The van der Waals surface area contributed by atoms with Gasteiger partial charge >= 0.3 is 0 Å². The summed E-state index contributed by atoms with van der Waals surface area (Å²) in [6.07, 6.45) is 4.65. The van der Waals surface area contributed by atoms with Gasteiger partial charge in [0.25, 0.3) is 0 Å². The molecule has 0 saturated carbocycles. The zero-order valence-electron chi connectivity index (χ0n) is 10.8. The first-order valence-corrected chi connectivity index (χ1v) is 6.68. The highest BCUT2D eigenvalue weighted by Crippen LogP contribution is 2.35. The SMILES string of the molecule is CCCC(O)(CCC)c1ccc2c(c1)CCO2. The second-order valence-corrected chi connectivity index (χ2v) is 4.95. The van der Waals surface area contributed by atoms with Gasteiger partial charge in [0.05, 0.1) is 12.2 Å². The maximum atomic E-state index is 10.8. The summed E-state index contributed by atoms with van der Waals surface area (Å²) in [4.78, 5) is 0. The molecule has 2 rings (SSSR count). The lowest BCUT2D eigenvalue weighted by Crippen LogP contribution is -2.25. The molecule has 0 amide bonds. The van der Waals surface area contributed by atoms with E-state index in [2.05, 4.69) is 19.9 Å². The Balaban J connectivity index is 2.29. The Labute approximate surface area is 104 Å². The lowest BCUT2D eigenvalue weighted by molar-refractivity contribution is 0.0169. The zero-order valence-corrected chi connectivity index (χ0v) is 10.8. The fourth-order valence-corrected chi connectivity index (χ4v) is 2.72. The Morgan fingerprint density at radius 1 is 1.24 bits per heavy atom. The molecule has 1 aliphatic heterocycles.